The number of hydrogen-bond donors (Lipinski definition) is 1. The van der Waals surface area contributed by atoms with Gasteiger partial charge in [0.25, 0.3) is 0 Å². The first-order valence-electron chi connectivity index (χ1n) is 7.39. The summed E-state index contributed by atoms with van der Waals surface area (Å²) in [6.07, 6.45) is 1.09. The van der Waals surface area contributed by atoms with Gasteiger partial charge >= 0.3 is 0 Å². The number of ether oxygens (including phenoxy) is 1. The standard InChI is InChI=1S/C16H24N4O/c1-6-10-17-11(2)16-14(8-7-9-15(16)21-5)20-13(4)18-12(3)19-20/h7-9,11,17H,6,10H2,1-5H3. The predicted molar refractivity (Wildman–Crippen MR) is 84.1 cm³/mol. The molecule has 0 amide bonds. The lowest BCUT2D eigenvalue weighted by Gasteiger charge is -2.21. The average molecular weight is 288 g/mol. The van der Waals surface area contributed by atoms with E-state index in [-0.39, 0.29) is 6.04 Å². The SMILES string of the molecule is CCCNC(C)c1c(OC)cccc1-n1nc(C)nc1C. The lowest BCUT2D eigenvalue weighted by molar-refractivity contribution is 0.401. The Balaban J connectivity index is 2.52. The molecular formula is C16H24N4O. The van der Waals surface area contributed by atoms with Crippen LogP contribution in [0.15, 0.2) is 18.2 Å². The van der Waals surface area contributed by atoms with E-state index in [1.165, 1.54) is 0 Å². The molecule has 0 spiro atoms. The van der Waals surface area contributed by atoms with Crippen molar-refractivity contribution in [1.29, 1.82) is 0 Å². The number of aromatic nitrogens is 3. The number of methoxy groups -OCH3 is 1. The second-order valence-corrected chi connectivity index (χ2v) is 5.19. The summed E-state index contributed by atoms with van der Waals surface area (Å²) in [5, 5.41) is 8.02. The zero-order chi connectivity index (χ0) is 15.4. The monoisotopic (exact) mass is 288 g/mol. The molecule has 114 valence electrons. The van der Waals surface area contributed by atoms with E-state index >= 15 is 0 Å². The molecule has 1 heterocycles. The highest BCUT2D eigenvalue weighted by Crippen LogP contribution is 2.31. The molecule has 5 heteroatoms. The molecule has 5 nitrogen and oxygen atoms in total. The molecule has 1 aromatic carbocycles. The van der Waals surface area contributed by atoms with Gasteiger partial charge in [-0.1, -0.05) is 13.0 Å². The maximum absolute atomic E-state index is 5.55. The smallest absolute Gasteiger partial charge is 0.148 e. The van der Waals surface area contributed by atoms with Crippen molar-refractivity contribution >= 4 is 0 Å². The van der Waals surface area contributed by atoms with Gasteiger partial charge in [-0.2, -0.15) is 5.10 Å². The predicted octanol–water partition coefficient (Wildman–Crippen LogP) is 2.95. The fourth-order valence-electron chi connectivity index (χ4n) is 2.54. The van der Waals surface area contributed by atoms with E-state index in [9.17, 15) is 0 Å². The maximum Gasteiger partial charge on any atom is 0.148 e. The first-order valence-corrected chi connectivity index (χ1v) is 7.39. The van der Waals surface area contributed by atoms with Gasteiger partial charge in [-0.3, -0.25) is 0 Å². The molecule has 2 rings (SSSR count). The van der Waals surface area contributed by atoms with Crippen molar-refractivity contribution in [2.75, 3.05) is 13.7 Å². The van der Waals surface area contributed by atoms with Gasteiger partial charge in [0.15, 0.2) is 0 Å². The number of rotatable bonds is 6. The fraction of sp³-hybridized carbons (Fsp3) is 0.500. The molecule has 21 heavy (non-hydrogen) atoms. The third kappa shape index (κ3) is 3.24. The third-order valence-electron chi connectivity index (χ3n) is 3.50. The lowest BCUT2D eigenvalue weighted by Crippen LogP contribution is -2.22. The minimum Gasteiger partial charge on any atom is -0.496 e. The summed E-state index contributed by atoms with van der Waals surface area (Å²) in [5.74, 6) is 2.52. The molecule has 0 saturated carbocycles. The molecule has 1 N–H and O–H groups in total. The number of nitrogens with zero attached hydrogens (tertiary/aromatic N) is 3. The molecule has 2 aromatic rings. The molecule has 1 unspecified atom stereocenters. The quantitative estimate of drug-likeness (QED) is 0.888. The molecule has 0 aliphatic rings. The molecule has 1 atom stereocenters. The Bertz CT molecular complexity index is 606. The van der Waals surface area contributed by atoms with Gasteiger partial charge in [-0.25, -0.2) is 9.67 Å². The van der Waals surface area contributed by atoms with E-state index in [0.29, 0.717) is 0 Å². The van der Waals surface area contributed by atoms with E-state index < -0.39 is 0 Å². The summed E-state index contributed by atoms with van der Waals surface area (Å²) in [6.45, 7) is 9.15. The zero-order valence-corrected chi connectivity index (χ0v) is 13.5. The zero-order valence-electron chi connectivity index (χ0n) is 13.5. The Kier molecular flexibility index (Phi) is 4.96. The van der Waals surface area contributed by atoms with Crippen molar-refractivity contribution in [2.45, 2.75) is 40.2 Å². The molecule has 1 aromatic heterocycles. The van der Waals surface area contributed by atoms with Crippen LogP contribution < -0.4 is 10.1 Å². The van der Waals surface area contributed by atoms with Crippen LogP contribution in [0.5, 0.6) is 5.75 Å². The van der Waals surface area contributed by atoms with Crippen molar-refractivity contribution in [3.05, 3.63) is 35.4 Å². The van der Waals surface area contributed by atoms with Crippen LogP contribution in [0.1, 0.15) is 43.5 Å². The maximum atomic E-state index is 5.55. The van der Waals surface area contributed by atoms with E-state index in [1.807, 2.05) is 30.7 Å². The third-order valence-corrected chi connectivity index (χ3v) is 3.50. The van der Waals surface area contributed by atoms with Gasteiger partial charge in [-0.05, 0) is 45.9 Å². The Labute approximate surface area is 126 Å². The summed E-state index contributed by atoms with van der Waals surface area (Å²) in [4.78, 5) is 4.40. The van der Waals surface area contributed by atoms with Crippen molar-refractivity contribution in [1.82, 2.24) is 20.1 Å². The van der Waals surface area contributed by atoms with Crippen molar-refractivity contribution in [3.63, 3.8) is 0 Å². The van der Waals surface area contributed by atoms with Crippen LogP contribution in [0.4, 0.5) is 0 Å². The Hall–Kier alpha value is -1.88. The van der Waals surface area contributed by atoms with E-state index in [1.54, 1.807) is 7.11 Å². The fourth-order valence-corrected chi connectivity index (χ4v) is 2.54. The van der Waals surface area contributed by atoms with Gasteiger partial charge in [0.1, 0.15) is 17.4 Å². The Morgan fingerprint density at radius 1 is 1.33 bits per heavy atom. The summed E-state index contributed by atoms with van der Waals surface area (Å²) >= 11 is 0. The lowest BCUT2D eigenvalue weighted by atomic mass is 10.0. The van der Waals surface area contributed by atoms with Crippen molar-refractivity contribution < 1.29 is 4.74 Å². The summed E-state index contributed by atoms with van der Waals surface area (Å²) in [6, 6.07) is 6.21. The molecule has 0 fully saturated rings. The highest BCUT2D eigenvalue weighted by molar-refractivity contribution is 5.51. The highest BCUT2D eigenvalue weighted by atomic mass is 16.5. The minimum atomic E-state index is 0.181. The Morgan fingerprint density at radius 2 is 2.10 bits per heavy atom. The average Bonchev–Trinajstić information content (AvgIpc) is 2.82. The van der Waals surface area contributed by atoms with Gasteiger partial charge in [0, 0.05) is 11.6 Å². The molecule has 0 aliphatic heterocycles. The van der Waals surface area contributed by atoms with Gasteiger partial charge < -0.3 is 10.1 Å². The van der Waals surface area contributed by atoms with Gasteiger partial charge in [0.05, 0.1) is 12.8 Å². The molecular weight excluding hydrogens is 264 g/mol. The van der Waals surface area contributed by atoms with Crippen molar-refractivity contribution in [3.8, 4) is 11.4 Å². The van der Waals surface area contributed by atoms with Crippen molar-refractivity contribution in [2.24, 2.45) is 0 Å². The topological polar surface area (TPSA) is 52.0 Å². The van der Waals surface area contributed by atoms with Gasteiger partial charge in [0.2, 0.25) is 0 Å². The highest BCUT2D eigenvalue weighted by Gasteiger charge is 2.19. The first-order chi connectivity index (χ1) is 10.1. The summed E-state index contributed by atoms with van der Waals surface area (Å²) in [5.41, 5.74) is 2.13. The number of nitrogens with one attached hydrogen (secondary N) is 1. The Morgan fingerprint density at radius 3 is 2.67 bits per heavy atom. The minimum absolute atomic E-state index is 0.181. The summed E-state index contributed by atoms with van der Waals surface area (Å²) < 4.78 is 7.44. The van der Waals surface area contributed by atoms with E-state index in [4.69, 9.17) is 4.74 Å². The second kappa shape index (κ2) is 6.72. The normalized spacial score (nSPS) is 12.4. The first kappa shape index (κ1) is 15.5. The summed E-state index contributed by atoms with van der Waals surface area (Å²) in [7, 11) is 1.70. The van der Waals surface area contributed by atoms with Crippen LogP contribution in [-0.4, -0.2) is 28.4 Å². The van der Waals surface area contributed by atoms with Crippen LogP contribution in [0.3, 0.4) is 0 Å². The molecule has 0 aliphatic carbocycles. The van der Waals surface area contributed by atoms with E-state index in [0.717, 1.165) is 41.6 Å². The van der Waals surface area contributed by atoms with Gasteiger partial charge in [-0.15, -0.1) is 0 Å². The van der Waals surface area contributed by atoms with Crippen LogP contribution in [0.25, 0.3) is 5.69 Å². The van der Waals surface area contributed by atoms with Crippen LogP contribution in [0, 0.1) is 13.8 Å². The van der Waals surface area contributed by atoms with Crippen LogP contribution in [-0.2, 0) is 0 Å². The molecule has 0 radical (unpaired) electrons. The molecule has 0 bridgehead atoms. The molecule has 0 saturated heterocycles. The largest absolute Gasteiger partial charge is 0.496 e. The number of hydrogen-bond acceptors (Lipinski definition) is 4. The number of benzene rings is 1. The van der Waals surface area contributed by atoms with Crippen LogP contribution in [0.2, 0.25) is 0 Å². The van der Waals surface area contributed by atoms with E-state index in [2.05, 4.69) is 35.3 Å². The number of aryl methyl sites for hydroxylation is 2. The second-order valence-electron chi connectivity index (χ2n) is 5.19. The van der Waals surface area contributed by atoms with Crippen LogP contribution >= 0.6 is 0 Å².